The van der Waals surface area contributed by atoms with Gasteiger partial charge in [0.05, 0.1) is 5.92 Å². The second-order valence-corrected chi connectivity index (χ2v) is 3.69. The minimum absolute atomic E-state index is 0.344. The maximum Gasteiger partial charge on any atom is 0.311 e. The summed E-state index contributed by atoms with van der Waals surface area (Å²) in [6.07, 6.45) is 5.14. The van der Waals surface area contributed by atoms with E-state index in [1.54, 1.807) is 12.4 Å². The van der Waals surface area contributed by atoms with Crippen molar-refractivity contribution in [2.45, 2.75) is 26.2 Å². The minimum Gasteiger partial charge on any atom is -0.481 e. The van der Waals surface area contributed by atoms with Crippen molar-refractivity contribution in [2.75, 3.05) is 0 Å². The summed E-state index contributed by atoms with van der Waals surface area (Å²) < 4.78 is 0. The van der Waals surface area contributed by atoms with E-state index in [2.05, 4.69) is 9.97 Å². The van der Waals surface area contributed by atoms with Crippen molar-refractivity contribution < 1.29 is 9.90 Å². The first-order chi connectivity index (χ1) is 6.61. The third-order valence-corrected chi connectivity index (χ3v) is 1.99. The lowest BCUT2D eigenvalue weighted by molar-refractivity contribution is -0.139. The Morgan fingerprint density at radius 2 is 2.00 bits per heavy atom. The molecular weight excluding hydrogens is 180 g/mol. The van der Waals surface area contributed by atoms with Crippen LogP contribution in [-0.2, 0) is 4.79 Å². The lowest BCUT2D eigenvalue weighted by Crippen LogP contribution is -2.14. The van der Waals surface area contributed by atoms with Crippen LogP contribution in [0, 0.1) is 5.92 Å². The van der Waals surface area contributed by atoms with Crippen molar-refractivity contribution in [3.8, 4) is 0 Å². The quantitative estimate of drug-likeness (QED) is 0.792. The van der Waals surface area contributed by atoms with Gasteiger partial charge in [-0.25, -0.2) is 9.97 Å². The summed E-state index contributed by atoms with van der Waals surface area (Å²) in [5.41, 5.74) is 0.675. The van der Waals surface area contributed by atoms with E-state index in [-0.39, 0.29) is 0 Å². The first kappa shape index (κ1) is 10.6. The molecule has 1 aromatic heterocycles. The Bertz CT molecular complexity index is 298. The average molecular weight is 194 g/mol. The fraction of sp³-hybridized carbons (Fsp3) is 0.500. The van der Waals surface area contributed by atoms with Gasteiger partial charge >= 0.3 is 5.97 Å². The van der Waals surface area contributed by atoms with Crippen LogP contribution in [0.3, 0.4) is 0 Å². The molecule has 0 amide bonds. The van der Waals surface area contributed by atoms with E-state index in [1.807, 2.05) is 13.8 Å². The van der Waals surface area contributed by atoms with Crippen molar-refractivity contribution in [3.63, 3.8) is 0 Å². The highest BCUT2D eigenvalue weighted by atomic mass is 16.4. The monoisotopic (exact) mass is 194 g/mol. The largest absolute Gasteiger partial charge is 0.481 e. The third kappa shape index (κ3) is 2.80. The molecule has 4 nitrogen and oxygen atoms in total. The summed E-state index contributed by atoms with van der Waals surface area (Å²) in [7, 11) is 0. The standard InChI is InChI=1S/C10H14N2O2/c1-7(2)3-9(10(13)14)8-4-11-6-12-5-8/h4-7,9H,3H2,1-2H3,(H,13,14). The number of nitrogens with zero attached hydrogens (tertiary/aromatic N) is 2. The number of aliphatic carboxylic acids is 1. The number of hydrogen-bond acceptors (Lipinski definition) is 3. The number of carboxylic acid groups (broad SMARTS) is 1. The van der Waals surface area contributed by atoms with E-state index >= 15 is 0 Å². The topological polar surface area (TPSA) is 63.1 Å². The Kier molecular flexibility index (Phi) is 3.56. The molecule has 14 heavy (non-hydrogen) atoms. The summed E-state index contributed by atoms with van der Waals surface area (Å²) >= 11 is 0. The highest BCUT2D eigenvalue weighted by molar-refractivity contribution is 5.75. The lowest BCUT2D eigenvalue weighted by atomic mass is 9.92. The van der Waals surface area contributed by atoms with Crippen molar-refractivity contribution in [1.29, 1.82) is 0 Å². The Labute approximate surface area is 83.0 Å². The van der Waals surface area contributed by atoms with Crippen LogP contribution in [0.4, 0.5) is 0 Å². The van der Waals surface area contributed by atoms with Crippen molar-refractivity contribution >= 4 is 5.97 Å². The fourth-order valence-electron chi connectivity index (χ4n) is 1.34. The first-order valence-corrected chi connectivity index (χ1v) is 4.59. The maximum absolute atomic E-state index is 11.0. The highest BCUT2D eigenvalue weighted by Gasteiger charge is 2.21. The normalized spacial score (nSPS) is 12.8. The zero-order valence-electron chi connectivity index (χ0n) is 8.34. The summed E-state index contributed by atoms with van der Waals surface area (Å²) in [6, 6.07) is 0. The smallest absolute Gasteiger partial charge is 0.311 e. The molecule has 1 rings (SSSR count). The van der Waals surface area contributed by atoms with E-state index in [1.165, 1.54) is 6.33 Å². The Hall–Kier alpha value is -1.45. The van der Waals surface area contributed by atoms with E-state index in [4.69, 9.17) is 5.11 Å². The fourth-order valence-corrected chi connectivity index (χ4v) is 1.34. The number of hydrogen-bond donors (Lipinski definition) is 1. The predicted molar refractivity (Wildman–Crippen MR) is 51.9 cm³/mol. The molecule has 1 atom stereocenters. The van der Waals surface area contributed by atoms with Gasteiger partial charge in [-0.15, -0.1) is 0 Å². The molecule has 0 fully saturated rings. The minimum atomic E-state index is -0.812. The molecule has 0 aromatic carbocycles. The van der Waals surface area contributed by atoms with Crippen LogP contribution >= 0.6 is 0 Å². The van der Waals surface area contributed by atoms with Crippen LogP contribution in [0.1, 0.15) is 31.7 Å². The van der Waals surface area contributed by atoms with Crippen LogP contribution in [0.2, 0.25) is 0 Å². The van der Waals surface area contributed by atoms with Gasteiger partial charge in [-0.05, 0) is 12.3 Å². The molecule has 1 aromatic rings. The molecule has 0 radical (unpaired) electrons. The average Bonchev–Trinajstić information content (AvgIpc) is 2.15. The van der Waals surface area contributed by atoms with Crippen molar-refractivity contribution in [3.05, 3.63) is 24.3 Å². The molecule has 0 saturated carbocycles. The molecule has 0 aliphatic heterocycles. The van der Waals surface area contributed by atoms with E-state index in [9.17, 15) is 4.79 Å². The molecule has 1 unspecified atom stereocenters. The van der Waals surface area contributed by atoms with Gasteiger partial charge in [0.25, 0.3) is 0 Å². The van der Waals surface area contributed by atoms with E-state index in [0.717, 1.165) is 0 Å². The van der Waals surface area contributed by atoms with Gasteiger partial charge in [0.2, 0.25) is 0 Å². The molecule has 0 spiro atoms. The van der Waals surface area contributed by atoms with Crippen LogP contribution in [0.15, 0.2) is 18.7 Å². The molecule has 0 aliphatic rings. The lowest BCUT2D eigenvalue weighted by Gasteiger charge is -2.13. The number of aromatic nitrogens is 2. The molecule has 0 aliphatic carbocycles. The van der Waals surface area contributed by atoms with Crippen LogP contribution < -0.4 is 0 Å². The van der Waals surface area contributed by atoms with Gasteiger partial charge < -0.3 is 5.11 Å². The summed E-state index contributed by atoms with van der Waals surface area (Å²) in [5, 5.41) is 9.02. The van der Waals surface area contributed by atoms with E-state index < -0.39 is 11.9 Å². The predicted octanol–water partition coefficient (Wildman–Crippen LogP) is 1.69. The van der Waals surface area contributed by atoms with Crippen molar-refractivity contribution in [1.82, 2.24) is 9.97 Å². The number of carbonyl (C=O) groups is 1. The molecule has 0 saturated heterocycles. The Morgan fingerprint density at radius 1 is 1.43 bits per heavy atom. The summed E-state index contributed by atoms with van der Waals surface area (Å²) in [5.74, 6) is -0.957. The maximum atomic E-state index is 11.0. The van der Waals surface area contributed by atoms with Crippen molar-refractivity contribution in [2.24, 2.45) is 5.92 Å². The van der Waals surface area contributed by atoms with Gasteiger partial charge in [-0.3, -0.25) is 4.79 Å². The zero-order valence-corrected chi connectivity index (χ0v) is 8.34. The summed E-state index contributed by atoms with van der Waals surface area (Å²) in [6.45, 7) is 4.00. The second-order valence-electron chi connectivity index (χ2n) is 3.69. The third-order valence-electron chi connectivity index (χ3n) is 1.99. The number of carboxylic acids is 1. The highest BCUT2D eigenvalue weighted by Crippen LogP contribution is 2.22. The molecule has 0 bridgehead atoms. The van der Waals surface area contributed by atoms with Crippen LogP contribution in [0.25, 0.3) is 0 Å². The summed E-state index contributed by atoms with van der Waals surface area (Å²) in [4.78, 5) is 18.6. The van der Waals surface area contributed by atoms with E-state index in [0.29, 0.717) is 17.9 Å². The van der Waals surface area contributed by atoms with Gasteiger partial charge in [0, 0.05) is 18.0 Å². The Morgan fingerprint density at radius 3 is 2.43 bits per heavy atom. The van der Waals surface area contributed by atoms with Gasteiger partial charge in [-0.1, -0.05) is 13.8 Å². The van der Waals surface area contributed by atoms with Gasteiger partial charge in [-0.2, -0.15) is 0 Å². The van der Waals surface area contributed by atoms with Gasteiger partial charge in [0.15, 0.2) is 0 Å². The van der Waals surface area contributed by atoms with Gasteiger partial charge in [0.1, 0.15) is 6.33 Å². The first-order valence-electron chi connectivity index (χ1n) is 4.59. The second kappa shape index (κ2) is 4.69. The zero-order chi connectivity index (χ0) is 10.6. The molecular formula is C10H14N2O2. The van der Waals surface area contributed by atoms with Crippen LogP contribution in [0.5, 0.6) is 0 Å². The molecule has 1 N–H and O–H groups in total. The van der Waals surface area contributed by atoms with Crippen LogP contribution in [-0.4, -0.2) is 21.0 Å². The molecule has 4 heteroatoms. The SMILES string of the molecule is CC(C)CC(C(=O)O)c1cncnc1. The molecule has 1 heterocycles. The molecule has 76 valence electrons. The Balaban J connectivity index is 2.84. The number of rotatable bonds is 4.